The van der Waals surface area contributed by atoms with Gasteiger partial charge in [-0.1, -0.05) is 73.6 Å². The number of benzene rings is 1. The van der Waals surface area contributed by atoms with Crippen LogP contribution in [0.25, 0.3) is 0 Å². The van der Waals surface area contributed by atoms with Crippen LogP contribution in [0.5, 0.6) is 0 Å². The lowest BCUT2D eigenvalue weighted by atomic mass is 9.44. The van der Waals surface area contributed by atoms with E-state index in [9.17, 15) is 14.7 Å². The number of fused-ring (bicyclic) bond motifs is 5. The number of rotatable bonds is 15. The van der Waals surface area contributed by atoms with Crippen molar-refractivity contribution in [2.24, 2.45) is 16.7 Å². The van der Waals surface area contributed by atoms with Gasteiger partial charge in [0.05, 0.1) is 35.7 Å². The molecular formula is C44H72O10Si3. The molecule has 10 nitrogen and oxygen atoms in total. The standard InChI is InChI=1S/C44H72O10Si3/c1-15-56(16-2,17-3)53-33-26-34-43(28-49-34,51-30(8)45)37-39(50-40(47)31-24-22-21-23-25-31)44(48)27-32(52-55(12,13)14)29(7)35(41(44,9)10)36(38(46)42(33,37)11)54-57(18-4,19-5)20-6/h21-25,32-34,36-37,39,48H,15-20,26-28H2,1-14H3/t32?,33?,34?,36?,37?,39?,42-,43+,44-/m1/s1. The molecule has 1 N–H and O–H groups in total. The minimum absolute atomic E-state index is 0.0229. The van der Waals surface area contributed by atoms with Crippen molar-refractivity contribution in [3.05, 3.63) is 47.0 Å². The highest BCUT2D eigenvalue weighted by Crippen LogP contribution is 2.65. The highest BCUT2D eigenvalue weighted by atomic mass is 28.4. The van der Waals surface area contributed by atoms with E-state index in [1.807, 2.05) is 33.8 Å². The Labute approximate surface area is 345 Å². The molecule has 5 rings (SSSR count). The van der Waals surface area contributed by atoms with Gasteiger partial charge in [0.15, 0.2) is 36.3 Å². The van der Waals surface area contributed by atoms with Crippen molar-refractivity contribution in [3.8, 4) is 0 Å². The van der Waals surface area contributed by atoms with E-state index in [0.717, 1.165) is 41.8 Å². The normalized spacial score (nSPS) is 34.0. The number of aliphatic hydroxyl groups is 1. The van der Waals surface area contributed by atoms with Gasteiger partial charge in [0.2, 0.25) is 0 Å². The van der Waals surface area contributed by atoms with Crippen molar-refractivity contribution in [1.82, 2.24) is 0 Å². The minimum atomic E-state index is -2.55. The monoisotopic (exact) mass is 844 g/mol. The third kappa shape index (κ3) is 7.67. The Morgan fingerprint density at radius 2 is 1.40 bits per heavy atom. The first-order valence-electron chi connectivity index (χ1n) is 21.6. The molecule has 9 atom stereocenters. The van der Waals surface area contributed by atoms with Gasteiger partial charge in [-0.05, 0) is 93.0 Å². The fraction of sp³-hybridized carbons (Fsp3) is 0.750. The van der Waals surface area contributed by atoms with Gasteiger partial charge in [0, 0.05) is 25.2 Å². The van der Waals surface area contributed by atoms with E-state index in [1.54, 1.807) is 24.3 Å². The molecule has 3 aliphatic carbocycles. The van der Waals surface area contributed by atoms with Gasteiger partial charge >= 0.3 is 11.9 Å². The second-order valence-corrected chi connectivity index (χ2v) is 33.0. The van der Waals surface area contributed by atoms with Crippen molar-refractivity contribution < 1.29 is 47.0 Å². The van der Waals surface area contributed by atoms with E-state index >= 15 is 4.79 Å². The van der Waals surface area contributed by atoms with Crippen LogP contribution in [0.2, 0.25) is 55.9 Å². The molecule has 1 aromatic rings. The average Bonchev–Trinajstić information content (AvgIpc) is 3.16. The first-order valence-corrected chi connectivity index (χ1v) is 30.1. The molecule has 2 saturated carbocycles. The predicted octanol–water partition coefficient (Wildman–Crippen LogP) is 9.00. The molecule has 1 aliphatic heterocycles. The molecule has 4 aliphatic rings. The maximum absolute atomic E-state index is 16.6. The van der Waals surface area contributed by atoms with Gasteiger partial charge in [0.25, 0.3) is 0 Å². The Morgan fingerprint density at radius 1 is 0.860 bits per heavy atom. The Balaban J connectivity index is 1.95. The van der Waals surface area contributed by atoms with Crippen molar-refractivity contribution in [1.29, 1.82) is 0 Å². The topological polar surface area (TPSA) is 127 Å². The molecule has 320 valence electrons. The summed E-state index contributed by atoms with van der Waals surface area (Å²) in [6.07, 6.45) is -4.00. The van der Waals surface area contributed by atoms with Crippen LogP contribution in [0.15, 0.2) is 41.5 Å². The number of Topliss-reactive ketones (excluding diaryl/α,β-unsaturated/α-hetero) is 1. The number of hydrogen-bond acceptors (Lipinski definition) is 10. The van der Waals surface area contributed by atoms with Gasteiger partial charge in [-0.15, -0.1) is 0 Å². The molecule has 1 aromatic carbocycles. The van der Waals surface area contributed by atoms with Crippen LogP contribution in [-0.4, -0.2) is 96.1 Å². The molecule has 13 heteroatoms. The van der Waals surface area contributed by atoms with Crippen molar-refractivity contribution >= 4 is 42.7 Å². The Bertz CT molecular complexity index is 1670. The largest absolute Gasteiger partial charge is 0.455 e. The van der Waals surface area contributed by atoms with Crippen LogP contribution < -0.4 is 0 Å². The molecule has 57 heavy (non-hydrogen) atoms. The zero-order valence-electron chi connectivity index (χ0n) is 37.3. The molecule has 1 heterocycles. The number of carbonyl (C=O) groups excluding carboxylic acids is 3. The number of carbonyl (C=O) groups is 3. The Hall–Kier alpha value is -1.98. The summed E-state index contributed by atoms with van der Waals surface area (Å²) in [5, 5.41) is 14.1. The van der Waals surface area contributed by atoms with Crippen LogP contribution >= 0.6 is 0 Å². The number of esters is 2. The lowest BCUT2D eigenvalue weighted by Crippen LogP contribution is -2.82. The van der Waals surface area contributed by atoms with Gasteiger partial charge < -0.3 is 32.6 Å². The Morgan fingerprint density at radius 3 is 1.88 bits per heavy atom. The van der Waals surface area contributed by atoms with Crippen LogP contribution in [0, 0.1) is 16.7 Å². The van der Waals surface area contributed by atoms with E-state index in [4.69, 9.17) is 27.5 Å². The van der Waals surface area contributed by atoms with Gasteiger partial charge in [-0.2, -0.15) is 0 Å². The molecule has 2 bridgehead atoms. The maximum Gasteiger partial charge on any atom is 0.338 e. The zero-order chi connectivity index (χ0) is 42.6. The molecule has 0 aromatic heterocycles. The predicted molar refractivity (Wildman–Crippen MR) is 230 cm³/mol. The molecular weight excluding hydrogens is 773 g/mol. The second kappa shape index (κ2) is 16.5. The first-order chi connectivity index (χ1) is 26.5. The van der Waals surface area contributed by atoms with Crippen LogP contribution in [0.3, 0.4) is 0 Å². The summed E-state index contributed by atoms with van der Waals surface area (Å²) >= 11 is 0. The summed E-state index contributed by atoms with van der Waals surface area (Å²) < 4.78 is 41.6. The molecule has 0 radical (unpaired) electrons. The van der Waals surface area contributed by atoms with Crippen molar-refractivity contribution in [2.45, 2.75) is 187 Å². The maximum atomic E-state index is 16.6. The fourth-order valence-corrected chi connectivity index (χ4v) is 17.8. The average molecular weight is 845 g/mol. The SMILES string of the molecule is CC[Si](CC)(CC)OC1C(=O)[C@]2(C)C(O[Si](CC)(CC)CC)CC3OC[C@@]3(OC(C)=O)C2C(OC(=O)c2ccccc2)[C@]2(O)CC(O[Si](C)(C)C)C(C)=C1C2(C)C. The smallest absolute Gasteiger partial charge is 0.338 e. The van der Waals surface area contributed by atoms with Crippen LogP contribution in [0.4, 0.5) is 0 Å². The van der Waals surface area contributed by atoms with E-state index in [-0.39, 0.29) is 18.8 Å². The zero-order valence-corrected chi connectivity index (χ0v) is 40.3. The van der Waals surface area contributed by atoms with Crippen molar-refractivity contribution in [2.75, 3.05) is 6.61 Å². The first kappa shape index (κ1) is 46.1. The van der Waals surface area contributed by atoms with E-state index < -0.39 is 95.4 Å². The third-order valence-electron chi connectivity index (χ3n) is 15.0. The fourth-order valence-electron chi connectivity index (χ4n) is 11.0. The molecule has 0 amide bonds. The summed E-state index contributed by atoms with van der Waals surface area (Å²) in [5.41, 5.74) is -4.05. The highest BCUT2D eigenvalue weighted by Gasteiger charge is 2.78. The number of ether oxygens (including phenoxy) is 3. The molecule has 3 fully saturated rings. The second-order valence-electron chi connectivity index (χ2n) is 19.1. The summed E-state index contributed by atoms with van der Waals surface area (Å²) in [7, 11) is -7.27. The van der Waals surface area contributed by atoms with Crippen LogP contribution in [-0.2, 0) is 37.1 Å². The molecule has 6 unspecified atom stereocenters. The number of hydrogen-bond donors (Lipinski definition) is 1. The summed E-state index contributed by atoms with van der Waals surface area (Å²) in [4.78, 5) is 44.6. The number of ketones is 1. The van der Waals surface area contributed by atoms with Crippen LogP contribution in [0.1, 0.15) is 99.4 Å². The van der Waals surface area contributed by atoms with Crippen molar-refractivity contribution in [3.63, 3.8) is 0 Å². The summed E-state index contributed by atoms with van der Waals surface area (Å²) in [6, 6.07) is 13.6. The van der Waals surface area contributed by atoms with E-state index in [1.165, 1.54) is 6.92 Å². The molecule has 0 spiro atoms. The summed E-state index contributed by atoms with van der Waals surface area (Å²) in [5.74, 6) is -2.45. The third-order valence-corrected chi connectivity index (χ3v) is 25.2. The highest BCUT2D eigenvalue weighted by molar-refractivity contribution is 6.74. The Kier molecular flexibility index (Phi) is 13.3. The van der Waals surface area contributed by atoms with E-state index in [0.29, 0.717) is 17.6 Å². The quantitative estimate of drug-likeness (QED) is 0.104. The lowest BCUT2D eigenvalue weighted by Gasteiger charge is -2.68. The summed E-state index contributed by atoms with van der Waals surface area (Å²) in [6.45, 7) is 28.4. The van der Waals surface area contributed by atoms with Gasteiger partial charge in [-0.3, -0.25) is 9.59 Å². The lowest BCUT2D eigenvalue weighted by molar-refractivity contribution is -0.344. The minimum Gasteiger partial charge on any atom is -0.455 e. The van der Waals surface area contributed by atoms with Gasteiger partial charge in [-0.25, -0.2) is 4.79 Å². The van der Waals surface area contributed by atoms with E-state index in [2.05, 4.69) is 61.2 Å². The van der Waals surface area contributed by atoms with Gasteiger partial charge in [0.1, 0.15) is 23.9 Å². The molecule has 1 saturated heterocycles.